The Kier molecular flexibility index (Phi) is 2.89. The second-order valence-electron chi connectivity index (χ2n) is 4.52. The second-order valence-corrected chi connectivity index (χ2v) is 7.60. The highest BCUT2D eigenvalue weighted by atomic mass is 27.2. The Morgan fingerprint density at radius 2 is 1.12 bits per heavy atom. The first kappa shape index (κ1) is 10.8. The normalized spacial score (nSPS) is 14.1. The highest BCUT2D eigenvalue weighted by Gasteiger charge is 2.41. The van der Waals surface area contributed by atoms with Gasteiger partial charge in [0.15, 0.2) is 0 Å². The molecule has 0 bridgehead atoms. The van der Waals surface area contributed by atoms with E-state index in [1.807, 2.05) is 0 Å². The van der Waals surface area contributed by atoms with Crippen LogP contribution in [0, 0.1) is 0 Å². The average molecular weight is 234 g/mol. The predicted octanol–water partition coefficient (Wildman–Crippen LogP) is 4.20. The summed E-state index contributed by atoms with van der Waals surface area (Å²) in [5, 5.41) is 1.34. The average Bonchev–Trinajstić information content (AvgIpc) is 3.15. The van der Waals surface area contributed by atoms with E-state index in [9.17, 15) is 0 Å². The van der Waals surface area contributed by atoms with Gasteiger partial charge >= 0.3 is 14.1 Å². The van der Waals surface area contributed by atoms with E-state index in [0.717, 1.165) is 0 Å². The van der Waals surface area contributed by atoms with Crippen LogP contribution in [0.2, 0.25) is 5.28 Å². The predicted molar refractivity (Wildman–Crippen MR) is 75.9 cm³/mol. The van der Waals surface area contributed by atoms with Crippen molar-refractivity contribution in [2.75, 3.05) is 0 Å². The zero-order chi connectivity index (χ0) is 11.7. The Morgan fingerprint density at radius 1 is 0.706 bits per heavy atom. The van der Waals surface area contributed by atoms with Crippen LogP contribution in [-0.2, 0) is 0 Å². The topological polar surface area (TPSA) is 0 Å². The molecule has 1 aliphatic heterocycles. The Morgan fingerprint density at radius 3 is 1.47 bits per heavy atom. The van der Waals surface area contributed by atoms with Gasteiger partial charge in [-0.15, -0.1) is 8.87 Å². The van der Waals surface area contributed by atoms with Gasteiger partial charge in [0.05, 0.1) is 0 Å². The van der Waals surface area contributed by atoms with Crippen molar-refractivity contribution >= 4 is 23.0 Å². The molecule has 1 heteroatoms. The lowest BCUT2D eigenvalue weighted by Crippen LogP contribution is -1.93. The maximum Gasteiger partial charge on any atom is 0.343 e. The summed E-state index contributed by atoms with van der Waals surface area (Å²) < 4.78 is 3.36. The first-order valence-electron chi connectivity index (χ1n) is 6.26. The van der Waals surface area contributed by atoms with Crippen LogP contribution in [0.15, 0.2) is 60.7 Å². The zero-order valence-electron chi connectivity index (χ0n) is 10.1. The molecule has 0 unspecified atom stereocenters. The minimum absolute atomic E-state index is 0.750. The van der Waals surface area contributed by atoms with E-state index in [1.165, 1.54) is 16.4 Å². The van der Waals surface area contributed by atoms with Crippen molar-refractivity contribution in [2.24, 2.45) is 0 Å². The molecule has 0 aliphatic carbocycles. The van der Waals surface area contributed by atoms with Gasteiger partial charge in [-0.05, 0) is 11.1 Å². The van der Waals surface area contributed by atoms with E-state index in [0.29, 0.717) is 0 Å². The molecule has 0 saturated heterocycles. The second kappa shape index (κ2) is 4.53. The van der Waals surface area contributed by atoms with Gasteiger partial charge in [0, 0.05) is 0 Å². The molecular formula is C16H15Al. The molecule has 0 fully saturated rings. The fourth-order valence-corrected chi connectivity index (χ4v) is 5.86. The summed E-state index contributed by atoms with van der Waals surface area (Å²) in [5.41, 5.74) is 2.90. The van der Waals surface area contributed by atoms with Crippen molar-refractivity contribution in [2.45, 2.75) is 12.2 Å². The highest BCUT2D eigenvalue weighted by Crippen LogP contribution is 2.47. The van der Waals surface area contributed by atoms with Gasteiger partial charge in [-0.3, -0.25) is 0 Å². The summed E-state index contributed by atoms with van der Waals surface area (Å²) in [6.45, 7) is 2.33. The molecule has 1 aliphatic rings. The maximum absolute atomic E-state index is 2.33. The first-order valence-corrected chi connectivity index (χ1v) is 8.24. The number of benzene rings is 2. The number of hydrogen-bond acceptors (Lipinski definition) is 0. The molecule has 2 aromatic rings. The Labute approximate surface area is 107 Å². The van der Waals surface area contributed by atoms with Gasteiger partial charge < -0.3 is 0 Å². The third-order valence-electron chi connectivity index (χ3n) is 3.48. The van der Waals surface area contributed by atoms with Crippen molar-refractivity contribution in [3.05, 3.63) is 71.8 Å². The molecule has 82 valence electrons. The quantitative estimate of drug-likeness (QED) is 0.698. The smallest absolute Gasteiger partial charge is 0.108 e. The minimum atomic E-state index is -0.750. The summed E-state index contributed by atoms with van der Waals surface area (Å²) in [6.07, 6.45) is 0. The Bertz CT molecular complexity index is 491. The maximum atomic E-state index is 2.33. The summed E-state index contributed by atoms with van der Waals surface area (Å²) in [6, 6.07) is 21.8. The molecule has 0 spiro atoms. The Balaban J connectivity index is 2.01. The number of hydrogen-bond donors (Lipinski definition) is 0. The molecule has 0 radical (unpaired) electrons. The van der Waals surface area contributed by atoms with Crippen LogP contribution in [0.1, 0.15) is 18.1 Å². The largest absolute Gasteiger partial charge is 0.343 e. The molecule has 17 heavy (non-hydrogen) atoms. The molecule has 0 aromatic heterocycles. The SMILES string of the molecule is C[CH2][Al]1[C](c2ccccc2)=[C]1c1ccccc1. The van der Waals surface area contributed by atoms with Crippen LogP contribution < -0.4 is 0 Å². The third kappa shape index (κ3) is 1.97. The van der Waals surface area contributed by atoms with Gasteiger partial charge in [-0.2, -0.15) is 0 Å². The molecule has 0 atom stereocenters. The zero-order valence-corrected chi connectivity index (χ0v) is 11.2. The lowest BCUT2D eigenvalue weighted by Gasteiger charge is -1.94. The number of rotatable bonds is 3. The molecule has 1 heterocycles. The van der Waals surface area contributed by atoms with Crippen LogP contribution in [-0.4, -0.2) is 14.1 Å². The van der Waals surface area contributed by atoms with Gasteiger partial charge in [0.2, 0.25) is 0 Å². The molecule has 3 rings (SSSR count). The monoisotopic (exact) mass is 234 g/mol. The van der Waals surface area contributed by atoms with Crippen LogP contribution in [0.4, 0.5) is 0 Å². The summed E-state index contributed by atoms with van der Waals surface area (Å²) in [5.74, 6) is 0. The fourth-order valence-electron chi connectivity index (χ4n) is 2.63. The van der Waals surface area contributed by atoms with E-state index < -0.39 is 14.1 Å². The van der Waals surface area contributed by atoms with E-state index >= 15 is 0 Å². The minimum Gasteiger partial charge on any atom is -0.108 e. The summed E-state index contributed by atoms with van der Waals surface area (Å²) in [7, 11) is 0. The molecule has 0 nitrogen and oxygen atoms in total. The van der Waals surface area contributed by atoms with Gasteiger partial charge in [0.25, 0.3) is 0 Å². The van der Waals surface area contributed by atoms with Crippen molar-refractivity contribution in [1.82, 2.24) is 0 Å². The molecule has 0 amide bonds. The Hall–Kier alpha value is -1.29. The molecule has 0 N–H and O–H groups in total. The molecule has 0 saturated carbocycles. The summed E-state index contributed by atoms with van der Waals surface area (Å²) >= 11 is -0.750. The molecular weight excluding hydrogens is 219 g/mol. The van der Waals surface area contributed by atoms with Crippen LogP contribution in [0.5, 0.6) is 0 Å². The van der Waals surface area contributed by atoms with E-state index in [-0.39, 0.29) is 0 Å². The van der Waals surface area contributed by atoms with Crippen LogP contribution >= 0.6 is 0 Å². The van der Waals surface area contributed by atoms with Gasteiger partial charge in [-0.1, -0.05) is 72.9 Å². The van der Waals surface area contributed by atoms with Crippen LogP contribution in [0.25, 0.3) is 8.87 Å². The summed E-state index contributed by atoms with van der Waals surface area (Å²) in [4.78, 5) is 0. The van der Waals surface area contributed by atoms with Crippen molar-refractivity contribution in [3.63, 3.8) is 0 Å². The van der Waals surface area contributed by atoms with Crippen LogP contribution in [0.3, 0.4) is 0 Å². The first-order chi connectivity index (χ1) is 8.42. The van der Waals surface area contributed by atoms with Gasteiger partial charge in [-0.25, -0.2) is 0 Å². The van der Waals surface area contributed by atoms with E-state index in [1.54, 1.807) is 8.87 Å². The third-order valence-corrected chi connectivity index (χ3v) is 6.65. The van der Waals surface area contributed by atoms with Gasteiger partial charge in [0.1, 0.15) is 0 Å². The van der Waals surface area contributed by atoms with Crippen molar-refractivity contribution < 1.29 is 0 Å². The van der Waals surface area contributed by atoms with Crippen molar-refractivity contribution in [3.8, 4) is 0 Å². The van der Waals surface area contributed by atoms with E-state index in [4.69, 9.17) is 0 Å². The fraction of sp³-hybridized carbons (Fsp3) is 0.125. The van der Waals surface area contributed by atoms with Crippen molar-refractivity contribution in [1.29, 1.82) is 0 Å². The highest BCUT2D eigenvalue weighted by molar-refractivity contribution is 7.11. The standard InChI is InChI=1S/C14H10.C2H5.Al/c1-3-7-13(8-4-1)11-12-14-9-5-2-6-10-14;1-2;/h1-10H;1H2,2H3;. The molecule has 2 aromatic carbocycles. The van der Waals surface area contributed by atoms with E-state index in [2.05, 4.69) is 67.6 Å². The lowest BCUT2D eigenvalue weighted by atomic mass is 10.1. The lowest BCUT2D eigenvalue weighted by molar-refractivity contribution is 1.46.